The van der Waals surface area contributed by atoms with Crippen LogP contribution in [0.1, 0.15) is 5.56 Å². The molecule has 0 atom stereocenters. The maximum absolute atomic E-state index is 5.81. The summed E-state index contributed by atoms with van der Waals surface area (Å²) in [6, 6.07) is 5.88. The lowest BCUT2D eigenvalue weighted by atomic mass is 10.2. The standard InChI is InChI=1S/C11H10BrClN4/c1-6-2-3-7(4-8(6)12)17-11-9(14)10(13)15-5-16-11/h2-5H,14H2,1H3,(H,15,16,17). The summed E-state index contributed by atoms with van der Waals surface area (Å²) in [7, 11) is 0. The molecular formula is C11H10BrClN4. The van der Waals surface area contributed by atoms with Crippen molar-refractivity contribution in [2.75, 3.05) is 11.1 Å². The SMILES string of the molecule is Cc1ccc(Nc2ncnc(Cl)c2N)cc1Br. The highest BCUT2D eigenvalue weighted by molar-refractivity contribution is 9.10. The number of nitrogens with two attached hydrogens (primary N) is 1. The Bertz CT molecular complexity index is 559. The highest BCUT2D eigenvalue weighted by atomic mass is 79.9. The largest absolute Gasteiger partial charge is 0.393 e. The zero-order valence-corrected chi connectivity index (χ0v) is 11.4. The van der Waals surface area contributed by atoms with Gasteiger partial charge in [-0.05, 0) is 24.6 Å². The number of nitrogens with one attached hydrogen (secondary N) is 1. The Morgan fingerprint density at radius 2 is 2.12 bits per heavy atom. The van der Waals surface area contributed by atoms with Crippen LogP contribution >= 0.6 is 27.5 Å². The van der Waals surface area contributed by atoms with Crippen molar-refractivity contribution in [3.8, 4) is 0 Å². The average Bonchev–Trinajstić information content (AvgIpc) is 2.30. The third-order valence-corrected chi connectivity index (χ3v) is 3.43. The number of aromatic nitrogens is 2. The molecule has 0 fully saturated rings. The molecule has 88 valence electrons. The molecule has 6 heteroatoms. The second-order valence-corrected chi connectivity index (χ2v) is 4.73. The summed E-state index contributed by atoms with van der Waals surface area (Å²) in [5, 5.41) is 3.33. The fourth-order valence-electron chi connectivity index (χ4n) is 1.28. The van der Waals surface area contributed by atoms with Gasteiger partial charge in [0.2, 0.25) is 0 Å². The Labute approximate surface area is 112 Å². The third-order valence-electron chi connectivity index (χ3n) is 2.27. The van der Waals surface area contributed by atoms with Crippen molar-refractivity contribution in [2.24, 2.45) is 0 Å². The van der Waals surface area contributed by atoms with Crippen LogP contribution in [0.5, 0.6) is 0 Å². The van der Waals surface area contributed by atoms with Gasteiger partial charge in [-0.1, -0.05) is 33.6 Å². The van der Waals surface area contributed by atoms with Crippen LogP contribution in [0, 0.1) is 6.92 Å². The van der Waals surface area contributed by atoms with Crippen LogP contribution < -0.4 is 11.1 Å². The molecule has 4 nitrogen and oxygen atoms in total. The van der Waals surface area contributed by atoms with Crippen molar-refractivity contribution in [1.29, 1.82) is 0 Å². The molecule has 2 rings (SSSR count). The van der Waals surface area contributed by atoms with Gasteiger partial charge in [-0.25, -0.2) is 9.97 Å². The minimum atomic E-state index is 0.244. The number of rotatable bonds is 2. The Morgan fingerprint density at radius 3 is 2.82 bits per heavy atom. The first kappa shape index (κ1) is 12.1. The second kappa shape index (κ2) is 4.89. The lowest BCUT2D eigenvalue weighted by Crippen LogP contribution is -2.01. The number of hydrogen-bond donors (Lipinski definition) is 2. The van der Waals surface area contributed by atoms with Gasteiger partial charge in [0.05, 0.1) is 0 Å². The number of halogens is 2. The molecule has 1 heterocycles. The first-order valence-corrected chi connectivity index (χ1v) is 6.04. The molecule has 2 aromatic rings. The molecule has 0 aliphatic rings. The summed E-state index contributed by atoms with van der Waals surface area (Å²) in [5.74, 6) is 0.501. The Morgan fingerprint density at radius 1 is 1.35 bits per heavy atom. The maximum Gasteiger partial charge on any atom is 0.158 e. The number of hydrogen-bond acceptors (Lipinski definition) is 4. The molecule has 0 aliphatic heterocycles. The summed E-state index contributed by atoms with van der Waals surface area (Å²) < 4.78 is 1.02. The highest BCUT2D eigenvalue weighted by Gasteiger charge is 2.06. The Balaban J connectivity index is 2.31. The number of nitrogens with zero attached hydrogens (tertiary/aromatic N) is 2. The lowest BCUT2D eigenvalue weighted by molar-refractivity contribution is 1.17. The van der Waals surface area contributed by atoms with Crippen molar-refractivity contribution >= 4 is 44.7 Å². The normalized spacial score (nSPS) is 10.3. The number of benzene rings is 1. The highest BCUT2D eigenvalue weighted by Crippen LogP contribution is 2.27. The van der Waals surface area contributed by atoms with Crippen molar-refractivity contribution in [2.45, 2.75) is 6.92 Å². The van der Waals surface area contributed by atoms with E-state index in [1.807, 2.05) is 25.1 Å². The van der Waals surface area contributed by atoms with E-state index in [0.717, 1.165) is 15.7 Å². The molecule has 17 heavy (non-hydrogen) atoms. The molecule has 0 amide bonds. The van der Waals surface area contributed by atoms with E-state index in [1.54, 1.807) is 0 Å². The van der Waals surface area contributed by atoms with Crippen LogP contribution in [0.3, 0.4) is 0 Å². The predicted octanol–water partition coefficient (Wildman–Crippen LogP) is 3.53. The van der Waals surface area contributed by atoms with Gasteiger partial charge in [0, 0.05) is 10.2 Å². The smallest absolute Gasteiger partial charge is 0.158 e. The molecule has 0 unspecified atom stereocenters. The summed E-state index contributed by atoms with van der Waals surface area (Å²) in [6.45, 7) is 2.02. The minimum absolute atomic E-state index is 0.244. The van der Waals surface area contributed by atoms with E-state index in [4.69, 9.17) is 17.3 Å². The second-order valence-electron chi connectivity index (χ2n) is 3.52. The van der Waals surface area contributed by atoms with Gasteiger partial charge in [0.15, 0.2) is 11.0 Å². The fraction of sp³-hybridized carbons (Fsp3) is 0.0909. The van der Waals surface area contributed by atoms with Crippen molar-refractivity contribution in [3.63, 3.8) is 0 Å². The fourth-order valence-corrected chi connectivity index (χ4v) is 1.79. The molecule has 0 bridgehead atoms. The molecule has 0 spiro atoms. The monoisotopic (exact) mass is 312 g/mol. The quantitative estimate of drug-likeness (QED) is 0.833. The number of nitrogen functional groups attached to an aromatic ring is 1. The predicted molar refractivity (Wildman–Crippen MR) is 73.6 cm³/mol. The summed E-state index contributed by atoms with van der Waals surface area (Å²) >= 11 is 9.27. The van der Waals surface area contributed by atoms with Crippen molar-refractivity contribution in [3.05, 3.63) is 39.7 Å². The van der Waals surface area contributed by atoms with Crippen LogP contribution in [0.15, 0.2) is 29.0 Å². The van der Waals surface area contributed by atoms with E-state index >= 15 is 0 Å². The number of aryl methyl sites for hydroxylation is 1. The van der Waals surface area contributed by atoms with Crippen LogP contribution in [-0.2, 0) is 0 Å². The molecule has 1 aromatic heterocycles. The zero-order chi connectivity index (χ0) is 12.4. The van der Waals surface area contributed by atoms with E-state index in [9.17, 15) is 0 Å². The molecule has 0 aliphatic carbocycles. The summed E-state index contributed by atoms with van der Waals surface area (Å²) in [6.07, 6.45) is 1.37. The lowest BCUT2D eigenvalue weighted by Gasteiger charge is -2.09. The van der Waals surface area contributed by atoms with Gasteiger partial charge in [0.25, 0.3) is 0 Å². The molecular weight excluding hydrogens is 304 g/mol. The summed E-state index contributed by atoms with van der Waals surface area (Å²) in [4.78, 5) is 7.83. The zero-order valence-electron chi connectivity index (χ0n) is 9.04. The van der Waals surface area contributed by atoms with Crippen LogP contribution in [0.2, 0.25) is 5.15 Å². The minimum Gasteiger partial charge on any atom is -0.393 e. The van der Waals surface area contributed by atoms with Crippen LogP contribution in [0.25, 0.3) is 0 Å². The molecule has 0 saturated heterocycles. The van der Waals surface area contributed by atoms with Gasteiger partial charge in [0.1, 0.15) is 12.0 Å². The van der Waals surface area contributed by atoms with Crippen molar-refractivity contribution in [1.82, 2.24) is 9.97 Å². The maximum atomic E-state index is 5.81. The van der Waals surface area contributed by atoms with Gasteiger partial charge in [-0.2, -0.15) is 0 Å². The molecule has 0 saturated carbocycles. The van der Waals surface area contributed by atoms with Gasteiger partial charge in [-0.15, -0.1) is 0 Å². The number of anilines is 3. The van der Waals surface area contributed by atoms with Crippen molar-refractivity contribution < 1.29 is 0 Å². The Hall–Kier alpha value is -1.33. The van der Waals surface area contributed by atoms with Gasteiger partial charge < -0.3 is 11.1 Å². The van der Waals surface area contributed by atoms with E-state index in [2.05, 4.69) is 31.2 Å². The molecule has 0 radical (unpaired) electrons. The average molecular weight is 314 g/mol. The molecule has 3 N–H and O–H groups in total. The van der Waals surface area contributed by atoms with Crippen LogP contribution in [0.4, 0.5) is 17.2 Å². The van der Waals surface area contributed by atoms with Gasteiger partial charge >= 0.3 is 0 Å². The van der Waals surface area contributed by atoms with E-state index in [0.29, 0.717) is 11.5 Å². The third kappa shape index (κ3) is 2.68. The first-order valence-electron chi connectivity index (χ1n) is 4.87. The topological polar surface area (TPSA) is 63.8 Å². The Kier molecular flexibility index (Phi) is 3.49. The molecule has 1 aromatic carbocycles. The van der Waals surface area contributed by atoms with Gasteiger partial charge in [-0.3, -0.25) is 0 Å². The summed E-state index contributed by atoms with van der Waals surface area (Å²) in [5.41, 5.74) is 8.14. The van der Waals surface area contributed by atoms with E-state index in [1.165, 1.54) is 6.33 Å². The van der Waals surface area contributed by atoms with Crippen LogP contribution in [-0.4, -0.2) is 9.97 Å². The van der Waals surface area contributed by atoms with E-state index in [-0.39, 0.29) is 5.15 Å². The van der Waals surface area contributed by atoms with E-state index < -0.39 is 0 Å². The first-order chi connectivity index (χ1) is 8.08.